The number of rotatable bonds is 2. The van der Waals surface area contributed by atoms with E-state index in [1.807, 2.05) is 0 Å². The average molecular weight is 262 g/mol. The molecule has 4 nitrogen and oxygen atoms in total. The highest BCUT2D eigenvalue weighted by atomic mass is 15.3. The quantitative estimate of drug-likeness (QED) is 0.888. The molecule has 1 saturated heterocycles. The molecule has 1 aromatic rings. The van der Waals surface area contributed by atoms with E-state index < -0.39 is 0 Å². The summed E-state index contributed by atoms with van der Waals surface area (Å²) in [6, 6.07) is 0. The lowest BCUT2D eigenvalue weighted by Gasteiger charge is -2.30. The van der Waals surface area contributed by atoms with Gasteiger partial charge >= 0.3 is 0 Å². The summed E-state index contributed by atoms with van der Waals surface area (Å²) in [6.07, 6.45) is 6.34. The lowest BCUT2D eigenvalue weighted by atomic mass is 9.90. The normalized spacial score (nSPS) is 21.8. The highest BCUT2D eigenvalue weighted by Crippen LogP contribution is 2.34. The summed E-state index contributed by atoms with van der Waals surface area (Å²) >= 11 is 0. The molecular formula is C15H26N4. The van der Waals surface area contributed by atoms with E-state index in [1.165, 1.54) is 68.8 Å². The fourth-order valence-electron chi connectivity index (χ4n) is 3.54. The van der Waals surface area contributed by atoms with Crippen molar-refractivity contribution in [2.75, 3.05) is 31.5 Å². The number of fused-ring (bicyclic) bond motifs is 1. The van der Waals surface area contributed by atoms with Gasteiger partial charge in [0.05, 0.1) is 5.69 Å². The molecule has 19 heavy (non-hydrogen) atoms. The minimum Gasteiger partial charge on any atom is -0.370 e. The number of nitrogens with zero attached hydrogens (tertiary/aromatic N) is 3. The van der Waals surface area contributed by atoms with Crippen molar-refractivity contribution >= 4 is 5.82 Å². The van der Waals surface area contributed by atoms with Crippen molar-refractivity contribution < 1.29 is 0 Å². The van der Waals surface area contributed by atoms with Gasteiger partial charge in [0, 0.05) is 25.1 Å². The first-order chi connectivity index (χ1) is 9.29. The Morgan fingerprint density at radius 3 is 2.79 bits per heavy atom. The van der Waals surface area contributed by atoms with Gasteiger partial charge in [-0.3, -0.25) is 4.68 Å². The van der Waals surface area contributed by atoms with E-state index in [2.05, 4.69) is 28.9 Å². The first-order valence-electron chi connectivity index (χ1n) is 7.81. The smallest absolute Gasteiger partial charge is 0.127 e. The molecule has 106 valence electrons. The fourth-order valence-corrected chi connectivity index (χ4v) is 3.54. The van der Waals surface area contributed by atoms with Crippen molar-refractivity contribution in [1.82, 2.24) is 14.7 Å². The number of anilines is 1. The second-order valence-corrected chi connectivity index (χ2v) is 5.93. The third-order valence-electron chi connectivity index (χ3n) is 4.74. The molecule has 2 aliphatic rings. The van der Waals surface area contributed by atoms with E-state index in [9.17, 15) is 0 Å². The molecule has 0 aromatic carbocycles. The Balaban J connectivity index is 1.81. The third-order valence-corrected chi connectivity index (χ3v) is 4.74. The van der Waals surface area contributed by atoms with Crippen LogP contribution in [-0.4, -0.2) is 40.9 Å². The van der Waals surface area contributed by atoms with Crippen LogP contribution in [0.4, 0.5) is 5.82 Å². The predicted octanol–water partition coefficient (Wildman–Crippen LogP) is 2.37. The van der Waals surface area contributed by atoms with Gasteiger partial charge < -0.3 is 10.2 Å². The number of likely N-dealkylation sites (tertiary alicyclic amines) is 1. The summed E-state index contributed by atoms with van der Waals surface area (Å²) in [5, 5.41) is 8.41. The highest BCUT2D eigenvalue weighted by molar-refractivity contribution is 5.49. The van der Waals surface area contributed by atoms with Crippen LogP contribution in [0.25, 0.3) is 0 Å². The molecule has 4 heteroatoms. The molecule has 0 radical (unpaired) electrons. The van der Waals surface area contributed by atoms with Gasteiger partial charge in [-0.15, -0.1) is 0 Å². The molecule has 3 heterocycles. The molecule has 0 spiro atoms. The summed E-state index contributed by atoms with van der Waals surface area (Å²) in [4.78, 5) is 2.55. The summed E-state index contributed by atoms with van der Waals surface area (Å²) < 4.78 is 2.07. The van der Waals surface area contributed by atoms with Crippen molar-refractivity contribution in [2.45, 2.75) is 44.9 Å². The maximum absolute atomic E-state index is 4.84. The molecule has 0 amide bonds. The Morgan fingerprint density at radius 2 is 2.05 bits per heavy atom. The van der Waals surface area contributed by atoms with E-state index in [-0.39, 0.29) is 0 Å². The maximum atomic E-state index is 4.84. The molecule has 0 aliphatic carbocycles. The molecule has 1 fully saturated rings. The van der Waals surface area contributed by atoms with Gasteiger partial charge in [-0.1, -0.05) is 6.92 Å². The Bertz CT molecular complexity index is 430. The van der Waals surface area contributed by atoms with Gasteiger partial charge in [0.15, 0.2) is 0 Å². The second-order valence-electron chi connectivity index (χ2n) is 5.93. The first kappa shape index (κ1) is 13.0. The maximum Gasteiger partial charge on any atom is 0.127 e. The first-order valence-corrected chi connectivity index (χ1v) is 7.81. The minimum atomic E-state index is 0.678. The Hall–Kier alpha value is -1.03. The van der Waals surface area contributed by atoms with Gasteiger partial charge in [-0.05, 0) is 51.7 Å². The topological polar surface area (TPSA) is 33.1 Å². The largest absolute Gasteiger partial charge is 0.370 e. The monoisotopic (exact) mass is 262 g/mol. The predicted molar refractivity (Wildman–Crippen MR) is 78.7 cm³/mol. The summed E-state index contributed by atoms with van der Waals surface area (Å²) in [5.41, 5.74) is 2.90. The Labute approximate surface area is 116 Å². The standard InChI is InChI=1S/C15H26N4/c1-3-19-10-7-12(8-11-19)14-13-6-4-5-9-16-15(13)18(2)17-14/h12,16H,3-11H2,1-2H3. The van der Waals surface area contributed by atoms with Crippen LogP contribution in [0.15, 0.2) is 0 Å². The highest BCUT2D eigenvalue weighted by Gasteiger charge is 2.27. The summed E-state index contributed by atoms with van der Waals surface area (Å²) in [6.45, 7) is 7.02. The average Bonchev–Trinajstić information content (AvgIpc) is 2.65. The molecule has 2 aliphatic heterocycles. The molecule has 1 N–H and O–H groups in total. The SMILES string of the molecule is CCN1CCC(c2nn(C)c3c2CCCCN3)CC1. The number of hydrogen-bond donors (Lipinski definition) is 1. The number of hydrogen-bond acceptors (Lipinski definition) is 3. The van der Waals surface area contributed by atoms with Crippen LogP contribution in [0, 0.1) is 0 Å². The molecule has 0 unspecified atom stereocenters. The number of aromatic nitrogens is 2. The Kier molecular flexibility index (Phi) is 3.78. The summed E-state index contributed by atoms with van der Waals surface area (Å²) in [5.74, 6) is 1.96. The Morgan fingerprint density at radius 1 is 1.26 bits per heavy atom. The van der Waals surface area contributed by atoms with E-state index in [1.54, 1.807) is 0 Å². The number of piperidine rings is 1. The van der Waals surface area contributed by atoms with Crippen LogP contribution in [-0.2, 0) is 13.5 Å². The van der Waals surface area contributed by atoms with Crippen LogP contribution in [0.1, 0.15) is 49.8 Å². The van der Waals surface area contributed by atoms with Crippen molar-refractivity contribution in [2.24, 2.45) is 7.05 Å². The third kappa shape index (κ3) is 2.50. The molecular weight excluding hydrogens is 236 g/mol. The lowest BCUT2D eigenvalue weighted by Crippen LogP contribution is -2.33. The van der Waals surface area contributed by atoms with Gasteiger partial charge in [-0.2, -0.15) is 5.10 Å². The van der Waals surface area contributed by atoms with E-state index in [0.717, 1.165) is 6.54 Å². The van der Waals surface area contributed by atoms with Crippen LogP contribution in [0.5, 0.6) is 0 Å². The van der Waals surface area contributed by atoms with E-state index in [4.69, 9.17) is 5.10 Å². The fraction of sp³-hybridized carbons (Fsp3) is 0.800. The van der Waals surface area contributed by atoms with Crippen molar-refractivity contribution in [3.8, 4) is 0 Å². The van der Waals surface area contributed by atoms with E-state index in [0.29, 0.717) is 5.92 Å². The van der Waals surface area contributed by atoms with Crippen molar-refractivity contribution in [3.05, 3.63) is 11.3 Å². The van der Waals surface area contributed by atoms with Crippen LogP contribution >= 0.6 is 0 Å². The number of aryl methyl sites for hydroxylation is 1. The van der Waals surface area contributed by atoms with Crippen molar-refractivity contribution in [1.29, 1.82) is 0 Å². The lowest BCUT2D eigenvalue weighted by molar-refractivity contribution is 0.220. The zero-order valence-electron chi connectivity index (χ0n) is 12.3. The molecule has 0 bridgehead atoms. The molecule has 3 rings (SSSR count). The van der Waals surface area contributed by atoms with E-state index >= 15 is 0 Å². The molecule has 0 atom stereocenters. The molecule has 0 saturated carbocycles. The van der Waals surface area contributed by atoms with Crippen molar-refractivity contribution in [3.63, 3.8) is 0 Å². The zero-order valence-corrected chi connectivity index (χ0v) is 12.3. The minimum absolute atomic E-state index is 0.678. The van der Waals surface area contributed by atoms with Gasteiger partial charge in [-0.25, -0.2) is 0 Å². The van der Waals surface area contributed by atoms with Gasteiger partial charge in [0.25, 0.3) is 0 Å². The van der Waals surface area contributed by atoms with Gasteiger partial charge in [0.1, 0.15) is 5.82 Å². The van der Waals surface area contributed by atoms with Crippen LogP contribution in [0.2, 0.25) is 0 Å². The van der Waals surface area contributed by atoms with Crippen LogP contribution in [0.3, 0.4) is 0 Å². The molecule has 1 aromatic heterocycles. The zero-order chi connectivity index (χ0) is 13.2. The summed E-state index contributed by atoms with van der Waals surface area (Å²) in [7, 11) is 2.09. The van der Waals surface area contributed by atoms with Crippen LogP contribution < -0.4 is 5.32 Å². The number of nitrogens with one attached hydrogen (secondary N) is 1. The second kappa shape index (κ2) is 5.53. The van der Waals surface area contributed by atoms with Gasteiger partial charge in [0.2, 0.25) is 0 Å².